The molecule has 0 radical (unpaired) electrons. The normalized spacial score (nSPS) is 21.2. The van der Waals surface area contributed by atoms with Gasteiger partial charge in [-0.1, -0.05) is 0 Å². The third-order valence-electron chi connectivity index (χ3n) is 2.33. The van der Waals surface area contributed by atoms with Crippen LogP contribution in [0.4, 0.5) is 0 Å². The molecule has 1 aliphatic heterocycles. The molecule has 78 valence electrons. The van der Waals surface area contributed by atoms with Crippen LogP contribution in [0.2, 0.25) is 0 Å². The molecule has 14 heavy (non-hydrogen) atoms. The van der Waals surface area contributed by atoms with Crippen molar-refractivity contribution in [2.45, 2.75) is 38.2 Å². The molecule has 0 aromatic carbocycles. The Kier molecular flexibility index (Phi) is 5.02. The van der Waals surface area contributed by atoms with Crippen molar-refractivity contribution in [1.82, 2.24) is 5.32 Å². The standard InChI is InChI=1S/C10H16N2O2/c11-6-7-12-10(13)5-4-9-3-1-2-8-14-9/h9H,1-5,7-8H2,(H,12,13). The average molecular weight is 196 g/mol. The molecule has 1 rings (SSSR count). The van der Waals surface area contributed by atoms with E-state index in [4.69, 9.17) is 10.00 Å². The summed E-state index contributed by atoms with van der Waals surface area (Å²) in [6.07, 6.45) is 4.88. The van der Waals surface area contributed by atoms with Gasteiger partial charge in [-0.05, 0) is 25.7 Å². The van der Waals surface area contributed by atoms with Gasteiger partial charge in [-0.2, -0.15) is 5.26 Å². The van der Waals surface area contributed by atoms with E-state index in [1.807, 2.05) is 6.07 Å². The van der Waals surface area contributed by atoms with Gasteiger partial charge < -0.3 is 10.1 Å². The summed E-state index contributed by atoms with van der Waals surface area (Å²) < 4.78 is 5.49. The first-order valence-corrected chi connectivity index (χ1v) is 5.08. The van der Waals surface area contributed by atoms with E-state index in [0.717, 1.165) is 25.9 Å². The van der Waals surface area contributed by atoms with Crippen molar-refractivity contribution in [2.24, 2.45) is 0 Å². The highest BCUT2D eigenvalue weighted by Gasteiger charge is 2.14. The maximum Gasteiger partial charge on any atom is 0.220 e. The molecule has 4 nitrogen and oxygen atoms in total. The zero-order valence-corrected chi connectivity index (χ0v) is 8.29. The molecule has 1 heterocycles. The van der Waals surface area contributed by atoms with E-state index in [-0.39, 0.29) is 18.6 Å². The third kappa shape index (κ3) is 4.24. The summed E-state index contributed by atoms with van der Waals surface area (Å²) in [5.74, 6) is -0.0549. The van der Waals surface area contributed by atoms with Crippen molar-refractivity contribution in [3.05, 3.63) is 0 Å². The lowest BCUT2D eigenvalue weighted by atomic mass is 10.0. The molecule has 0 aliphatic carbocycles. The van der Waals surface area contributed by atoms with E-state index in [2.05, 4.69) is 5.32 Å². The van der Waals surface area contributed by atoms with Crippen LogP contribution >= 0.6 is 0 Å². The fourth-order valence-electron chi connectivity index (χ4n) is 1.55. The Hall–Kier alpha value is -1.08. The predicted octanol–water partition coefficient (Wildman–Crippen LogP) is 0.975. The van der Waals surface area contributed by atoms with Gasteiger partial charge in [0.05, 0.1) is 12.2 Å². The van der Waals surface area contributed by atoms with Gasteiger partial charge in [-0.3, -0.25) is 4.79 Å². The maximum absolute atomic E-state index is 11.1. The third-order valence-corrected chi connectivity index (χ3v) is 2.33. The summed E-state index contributed by atoms with van der Waals surface area (Å²) in [7, 11) is 0. The fraction of sp³-hybridized carbons (Fsp3) is 0.800. The van der Waals surface area contributed by atoms with Gasteiger partial charge in [0.2, 0.25) is 5.91 Å². The van der Waals surface area contributed by atoms with E-state index >= 15 is 0 Å². The highest BCUT2D eigenvalue weighted by atomic mass is 16.5. The van der Waals surface area contributed by atoms with Crippen molar-refractivity contribution in [3.63, 3.8) is 0 Å². The lowest BCUT2D eigenvalue weighted by Crippen LogP contribution is -2.26. The Morgan fingerprint density at radius 1 is 1.57 bits per heavy atom. The summed E-state index contributed by atoms with van der Waals surface area (Å²) in [6, 6.07) is 1.87. The minimum atomic E-state index is -0.0549. The van der Waals surface area contributed by atoms with E-state index in [9.17, 15) is 4.79 Å². The SMILES string of the molecule is N#CCNC(=O)CCC1CCCCO1. The molecule has 1 amide bonds. The summed E-state index contributed by atoms with van der Waals surface area (Å²) in [6.45, 7) is 0.925. The van der Waals surface area contributed by atoms with Gasteiger partial charge in [0.15, 0.2) is 0 Å². The largest absolute Gasteiger partial charge is 0.378 e. The van der Waals surface area contributed by atoms with E-state index < -0.39 is 0 Å². The van der Waals surface area contributed by atoms with Crippen LogP contribution in [0.25, 0.3) is 0 Å². The Balaban J connectivity index is 2.07. The van der Waals surface area contributed by atoms with Crippen molar-refractivity contribution in [2.75, 3.05) is 13.2 Å². The van der Waals surface area contributed by atoms with Gasteiger partial charge in [0, 0.05) is 13.0 Å². The lowest BCUT2D eigenvalue weighted by molar-refractivity contribution is -0.121. The molecule has 1 unspecified atom stereocenters. The van der Waals surface area contributed by atoms with Gasteiger partial charge in [-0.25, -0.2) is 0 Å². The number of carbonyl (C=O) groups is 1. The molecule has 1 atom stereocenters. The van der Waals surface area contributed by atoms with E-state index in [1.165, 1.54) is 6.42 Å². The summed E-state index contributed by atoms with van der Waals surface area (Å²) in [4.78, 5) is 11.1. The molecular weight excluding hydrogens is 180 g/mol. The van der Waals surface area contributed by atoms with Gasteiger partial charge in [0.1, 0.15) is 6.54 Å². The van der Waals surface area contributed by atoms with Gasteiger partial charge in [-0.15, -0.1) is 0 Å². The second kappa shape index (κ2) is 6.39. The molecule has 1 fully saturated rings. The van der Waals surface area contributed by atoms with Crippen LogP contribution in [-0.2, 0) is 9.53 Å². The van der Waals surface area contributed by atoms with Crippen LogP contribution in [0.15, 0.2) is 0 Å². The summed E-state index contributed by atoms with van der Waals surface area (Å²) in [5.41, 5.74) is 0. The van der Waals surface area contributed by atoms with Crippen molar-refractivity contribution >= 4 is 5.91 Å². The topological polar surface area (TPSA) is 62.1 Å². The second-order valence-electron chi connectivity index (χ2n) is 3.46. The van der Waals surface area contributed by atoms with Crippen LogP contribution in [-0.4, -0.2) is 25.2 Å². The number of nitrogens with one attached hydrogen (secondary N) is 1. The quantitative estimate of drug-likeness (QED) is 0.682. The monoisotopic (exact) mass is 196 g/mol. The molecule has 1 saturated heterocycles. The van der Waals surface area contributed by atoms with Crippen LogP contribution in [0, 0.1) is 11.3 Å². The molecule has 0 saturated carbocycles. The Morgan fingerprint density at radius 2 is 2.43 bits per heavy atom. The number of nitriles is 1. The Bertz CT molecular complexity index is 217. The number of ether oxygens (including phenoxy) is 1. The second-order valence-corrected chi connectivity index (χ2v) is 3.46. The fourth-order valence-corrected chi connectivity index (χ4v) is 1.55. The molecular formula is C10H16N2O2. The van der Waals surface area contributed by atoms with Crippen LogP contribution in [0.1, 0.15) is 32.1 Å². The number of hydrogen-bond acceptors (Lipinski definition) is 3. The highest BCUT2D eigenvalue weighted by molar-refractivity contribution is 5.76. The van der Waals surface area contributed by atoms with Gasteiger partial charge >= 0.3 is 0 Å². The lowest BCUT2D eigenvalue weighted by Gasteiger charge is -2.21. The number of rotatable bonds is 4. The van der Waals surface area contributed by atoms with Crippen molar-refractivity contribution in [1.29, 1.82) is 5.26 Å². The Morgan fingerprint density at radius 3 is 3.07 bits per heavy atom. The zero-order valence-electron chi connectivity index (χ0n) is 8.29. The van der Waals surface area contributed by atoms with Crippen molar-refractivity contribution in [3.8, 4) is 6.07 Å². The molecule has 4 heteroatoms. The van der Waals surface area contributed by atoms with E-state index in [0.29, 0.717) is 6.42 Å². The molecule has 0 bridgehead atoms. The first kappa shape index (κ1) is 11.0. The zero-order chi connectivity index (χ0) is 10.2. The van der Waals surface area contributed by atoms with Gasteiger partial charge in [0.25, 0.3) is 0 Å². The van der Waals surface area contributed by atoms with E-state index in [1.54, 1.807) is 0 Å². The average Bonchev–Trinajstić information content (AvgIpc) is 2.25. The Labute approximate surface area is 84.2 Å². The van der Waals surface area contributed by atoms with Crippen LogP contribution in [0.3, 0.4) is 0 Å². The minimum absolute atomic E-state index is 0.0549. The first-order chi connectivity index (χ1) is 6.83. The number of hydrogen-bond donors (Lipinski definition) is 1. The first-order valence-electron chi connectivity index (χ1n) is 5.08. The number of amides is 1. The molecule has 0 aromatic heterocycles. The van der Waals surface area contributed by atoms with Crippen molar-refractivity contribution < 1.29 is 9.53 Å². The molecule has 0 aromatic rings. The number of carbonyl (C=O) groups excluding carboxylic acids is 1. The van der Waals surface area contributed by atoms with Crippen LogP contribution < -0.4 is 5.32 Å². The molecule has 0 spiro atoms. The summed E-state index contributed by atoms with van der Waals surface area (Å²) in [5, 5.41) is 10.8. The summed E-state index contributed by atoms with van der Waals surface area (Å²) >= 11 is 0. The maximum atomic E-state index is 11.1. The van der Waals surface area contributed by atoms with Crippen LogP contribution in [0.5, 0.6) is 0 Å². The smallest absolute Gasteiger partial charge is 0.220 e. The molecule has 1 N–H and O–H groups in total. The predicted molar refractivity (Wildman–Crippen MR) is 51.4 cm³/mol. The molecule has 1 aliphatic rings. The highest BCUT2D eigenvalue weighted by Crippen LogP contribution is 2.16. The number of nitrogens with zero attached hydrogens (tertiary/aromatic N) is 1. The minimum Gasteiger partial charge on any atom is -0.378 e.